The Labute approximate surface area is 222 Å². The van der Waals surface area contributed by atoms with Gasteiger partial charge in [-0.3, -0.25) is 0 Å². The second kappa shape index (κ2) is 12.0. The average molecular weight is 523 g/mol. The monoisotopic (exact) mass is 522 g/mol. The number of rotatable bonds is 9. The van der Waals surface area contributed by atoms with Crippen LogP contribution in [0.5, 0.6) is 0 Å². The fraction of sp³-hybridized carbons (Fsp3) is 0.344. The zero-order valence-electron chi connectivity index (χ0n) is 21.7. The molecule has 0 amide bonds. The third kappa shape index (κ3) is 6.91. The van der Waals surface area contributed by atoms with Gasteiger partial charge in [0.15, 0.2) is 0 Å². The second-order valence-electron chi connectivity index (χ2n) is 10.4. The van der Waals surface area contributed by atoms with Crippen molar-refractivity contribution in [2.24, 2.45) is 5.92 Å². The molecular weight excluding hydrogens is 488 g/mol. The second-order valence-corrected chi connectivity index (χ2v) is 10.4. The minimum atomic E-state index is -4.31. The van der Waals surface area contributed by atoms with Crippen LogP contribution in [0, 0.1) is 17.1 Å². The SMILES string of the molecule is C=C(C)CCC1=CCC(C(Nc2ccc(-c3ccc(F)cc3)cc2C=N)C2=CC=C(C(F)(F)F)CC2)CC1. The molecule has 200 valence electrons. The molecule has 2 aliphatic carbocycles. The highest BCUT2D eigenvalue weighted by Gasteiger charge is 2.35. The van der Waals surface area contributed by atoms with E-state index in [1.54, 1.807) is 18.2 Å². The summed E-state index contributed by atoms with van der Waals surface area (Å²) >= 11 is 0. The molecule has 2 nitrogen and oxygen atoms in total. The van der Waals surface area contributed by atoms with Crippen molar-refractivity contribution in [3.8, 4) is 11.1 Å². The van der Waals surface area contributed by atoms with Crippen LogP contribution < -0.4 is 5.32 Å². The number of benzene rings is 2. The zero-order valence-corrected chi connectivity index (χ0v) is 21.7. The Morgan fingerprint density at radius 3 is 2.39 bits per heavy atom. The molecular formula is C32H34F4N2. The standard InChI is InChI=1S/C32H34F4N2/c1-21(2)3-4-22-5-7-24(8-6-22)31(25-9-14-28(15-10-25)32(34,35)36)38-30-18-13-26(19-27(30)20-37)23-11-16-29(33)17-12-23/h5,9,11-14,16-20,24,31,37-38H,1,3-4,6-8,10,15H2,2H3. The van der Waals surface area contributed by atoms with Gasteiger partial charge in [0.05, 0.1) is 6.04 Å². The van der Waals surface area contributed by atoms with E-state index < -0.39 is 11.7 Å². The van der Waals surface area contributed by atoms with Gasteiger partial charge in [-0.1, -0.05) is 47.6 Å². The minimum Gasteiger partial charge on any atom is -0.378 e. The number of hydrogen-bond acceptors (Lipinski definition) is 2. The first-order valence-corrected chi connectivity index (χ1v) is 13.1. The Bertz CT molecular complexity index is 1270. The van der Waals surface area contributed by atoms with Crippen molar-refractivity contribution in [1.82, 2.24) is 0 Å². The maximum atomic E-state index is 13.4. The van der Waals surface area contributed by atoms with E-state index in [-0.39, 0.29) is 24.2 Å². The Hall–Kier alpha value is -3.41. The Balaban J connectivity index is 1.62. The van der Waals surface area contributed by atoms with E-state index in [0.29, 0.717) is 12.0 Å². The van der Waals surface area contributed by atoms with Crippen LogP contribution in [0.3, 0.4) is 0 Å². The molecule has 0 saturated carbocycles. The number of alkyl halides is 3. The van der Waals surface area contributed by atoms with Gasteiger partial charge < -0.3 is 10.7 Å². The zero-order chi connectivity index (χ0) is 27.3. The first-order valence-electron chi connectivity index (χ1n) is 13.1. The summed E-state index contributed by atoms with van der Waals surface area (Å²) in [4.78, 5) is 0. The molecule has 2 aromatic carbocycles. The molecule has 6 heteroatoms. The highest BCUT2D eigenvalue weighted by molar-refractivity contribution is 5.88. The summed E-state index contributed by atoms with van der Waals surface area (Å²) < 4.78 is 53.2. The van der Waals surface area contributed by atoms with E-state index in [2.05, 4.69) is 18.0 Å². The van der Waals surface area contributed by atoms with Gasteiger partial charge in [0.25, 0.3) is 0 Å². The Morgan fingerprint density at radius 1 is 1.08 bits per heavy atom. The lowest BCUT2D eigenvalue weighted by molar-refractivity contribution is -0.0941. The molecule has 0 saturated heterocycles. The maximum absolute atomic E-state index is 13.4. The van der Waals surface area contributed by atoms with Crippen LogP contribution in [0.25, 0.3) is 11.1 Å². The molecule has 2 aliphatic rings. The molecule has 2 unspecified atom stereocenters. The average Bonchev–Trinajstić information content (AvgIpc) is 2.91. The summed E-state index contributed by atoms with van der Waals surface area (Å²) in [5.74, 6) is -0.0824. The van der Waals surface area contributed by atoms with Crippen molar-refractivity contribution in [2.75, 3.05) is 5.32 Å². The summed E-state index contributed by atoms with van der Waals surface area (Å²) in [5.41, 5.74) is 6.20. The summed E-state index contributed by atoms with van der Waals surface area (Å²) in [6, 6.07) is 11.8. The molecule has 2 N–H and O–H groups in total. The van der Waals surface area contributed by atoms with E-state index in [0.717, 1.165) is 60.1 Å². The summed E-state index contributed by atoms with van der Waals surface area (Å²) in [5, 5.41) is 11.6. The molecule has 0 heterocycles. The van der Waals surface area contributed by atoms with Crippen molar-refractivity contribution >= 4 is 11.9 Å². The first-order chi connectivity index (χ1) is 18.1. The van der Waals surface area contributed by atoms with Crippen molar-refractivity contribution in [1.29, 1.82) is 5.41 Å². The largest absolute Gasteiger partial charge is 0.412 e. The van der Waals surface area contributed by atoms with Crippen molar-refractivity contribution < 1.29 is 17.6 Å². The lowest BCUT2D eigenvalue weighted by atomic mass is 9.78. The predicted octanol–water partition coefficient (Wildman–Crippen LogP) is 9.56. The van der Waals surface area contributed by atoms with Gasteiger partial charge in [0.2, 0.25) is 0 Å². The third-order valence-electron chi connectivity index (χ3n) is 7.53. The molecule has 0 spiro atoms. The molecule has 2 atom stereocenters. The van der Waals surface area contributed by atoms with Crippen molar-refractivity contribution in [3.63, 3.8) is 0 Å². The number of hydrogen-bond donors (Lipinski definition) is 2. The summed E-state index contributed by atoms with van der Waals surface area (Å²) in [6.07, 6.45) is 7.18. The Kier molecular flexibility index (Phi) is 8.70. The number of halogens is 4. The van der Waals surface area contributed by atoms with Gasteiger partial charge in [-0.2, -0.15) is 13.2 Å². The summed E-state index contributed by atoms with van der Waals surface area (Å²) in [6.45, 7) is 6.03. The van der Waals surface area contributed by atoms with E-state index in [1.165, 1.54) is 30.0 Å². The molecule has 0 radical (unpaired) electrons. The predicted molar refractivity (Wildman–Crippen MR) is 148 cm³/mol. The molecule has 4 rings (SSSR count). The molecule has 0 bridgehead atoms. The van der Waals surface area contributed by atoms with Gasteiger partial charge >= 0.3 is 6.18 Å². The smallest absolute Gasteiger partial charge is 0.378 e. The molecule has 38 heavy (non-hydrogen) atoms. The Morgan fingerprint density at radius 2 is 1.82 bits per heavy atom. The topological polar surface area (TPSA) is 35.9 Å². The van der Waals surface area contributed by atoms with Crippen LogP contribution in [0.1, 0.15) is 57.4 Å². The van der Waals surface area contributed by atoms with Crippen LogP contribution in [0.4, 0.5) is 23.2 Å². The maximum Gasteiger partial charge on any atom is 0.412 e. The van der Waals surface area contributed by atoms with Gasteiger partial charge in [0, 0.05) is 23.0 Å². The van der Waals surface area contributed by atoms with Gasteiger partial charge in [-0.05, 0) is 98.8 Å². The van der Waals surface area contributed by atoms with Crippen LogP contribution >= 0.6 is 0 Å². The van der Waals surface area contributed by atoms with E-state index >= 15 is 0 Å². The number of anilines is 1. The highest BCUT2D eigenvalue weighted by Crippen LogP contribution is 2.39. The van der Waals surface area contributed by atoms with Crippen LogP contribution in [0.2, 0.25) is 0 Å². The van der Waals surface area contributed by atoms with Gasteiger partial charge in [0.1, 0.15) is 5.82 Å². The highest BCUT2D eigenvalue weighted by atomic mass is 19.4. The fourth-order valence-electron chi connectivity index (χ4n) is 5.28. The van der Waals surface area contributed by atoms with Crippen LogP contribution in [0.15, 0.2) is 89.6 Å². The van der Waals surface area contributed by atoms with Crippen LogP contribution in [-0.4, -0.2) is 18.4 Å². The van der Waals surface area contributed by atoms with Crippen molar-refractivity contribution in [3.05, 3.63) is 101 Å². The van der Waals surface area contributed by atoms with Gasteiger partial charge in [-0.25, -0.2) is 4.39 Å². The van der Waals surface area contributed by atoms with E-state index in [4.69, 9.17) is 5.41 Å². The molecule has 0 aliphatic heterocycles. The quantitative estimate of drug-likeness (QED) is 0.192. The number of allylic oxidation sites excluding steroid dienone is 6. The van der Waals surface area contributed by atoms with Gasteiger partial charge in [-0.15, -0.1) is 6.58 Å². The fourth-order valence-corrected chi connectivity index (χ4v) is 5.28. The molecule has 2 aromatic rings. The lowest BCUT2D eigenvalue weighted by Gasteiger charge is -2.35. The lowest BCUT2D eigenvalue weighted by Crippen LogP contribution is -2.33. The molecule has 0 fully saturated rings. The summed E-state index contributed by atoms with van der Waals surface area (Å²) in [7, 11) is 0. The normalized spacial score (nSPS) is 18.7. The minimum absolute atomic E-state index is 0.0269. The molecule has 0 aromatic heterocycles. The van der Waals surface area contributed by atoms with E-state index in [1.807, 2.05) is 25.1 Å². The number of nitrogens with one attached hydrogen (secondary N) is 2. The van der Waals surface area contributed by atoms with Crippen molar-refractivity contribution in [2.45, 2.75) is 64.1 Å². The van der Waals surface area contributed by atoms with Crippen LogP contribution in [-0.2, 0) is 0 Å². The third-order valence-corrected chi connectivity index (χ3v) is 7.53. The van der Waals surface area contributed by atoms with E-state index in [9.17, 15) is 17.6 Å². The first kappa shape index (κ1) is 27.6.